The second kappa shape index (κ2) is 3.06. The number of carbonyl (C=O) groups is 1. The van der Waals surface area contributed by atoms with Crippen molar-refractivity contribution in [3.63, 3.8) is 0 Å². The van der Waals surface area contributed by atoms with Crippen LogP contribution in [0.3, 0.4) is 0 Å². The molecule has 0 amide bonds. The Morgan fingerprint density at radius 1 is 1.29 bits per heavy atom. The first kappa shape index (κ1) is 10.2. The summed E-state index contributed by atoms with van der Waals surface area (Å²) in [6.45, 7) is 6.92. The summed E-state index contributed by atoms with van der Waals surface area (Å²) in [6.07, 6.45) is 5.49. The highest BCUT2D eigenvalue weighted by molar-refractivity contribution is 5.62. The topological polar surface area (TPSA) is 29.6 Å². The molecule has 1 saturated heterocycles. The van der Waals surface area contributed by atoms with Crippen LogP contribution in [0.5, 0.6) is 0 Å². The van der Waals surface area contributed by atoms with Crippen LogP contribution in [0.15, 0.2) is 0 Å². The summed E-state index contributed by atoms with van der Waals surface area (Å²) in [5.74, 6) is 0.796. The van der Waals surface area contributed by atoms with Gasteiger partial charge in [-0.25, -0.2) is 0 Å². The molecule has 14 heavy (non-hydrogen) atoms. The van der Waals surface area contributed by atoms with Gasteiger partial charge in [0.25, 0.3) is 0 Å². The molecule has 0 N–H and O–H groups in total. The Morgan fingerprint density at radius 2 is 1.86 bits per heavy atom. The SMILES string of the molecule is CC(C)(C)C1CCC2(CC1)O[C@@H]2C=O. The summed E-state index contributed by atoms with van der Waals surface area (Å²) in [5, 5.41) is 0. The van der Waals surface area contributed by atoms with Gasteiger partial charge in [-0.3, -0.25) is 0 Å². The smallest absolute Gasteiger partial charge is 0.151 e. The fourth-order valence-corrected chi connectivity index (χ4v) is 2.75. The van der Waals surface area contributed by atoms with Crippen LogP contribution in [-0.2, 0) is 9.53 Å². The van der Waals surface area contributed by atoms with Crippen molar-refractivity contribution >= 4 is 6.29 Å². The third-order valence-corrected chi connectivity index (χ3v) is 4.00. The van der Waals surface area contributed by atoms with E-state index in [0.717, 1.165) is 25.0 Å². The largest absolute Gasteiger partial charge is 0.358 e. The molecule has 0 aromatic heterocycles. The maximum Gasteiger partial charge on any atom is 0.151 e. The van der Waals surface area contributed by atoms with E-state index in [4.69, 9.17) is 4.74 Å². The number of hydrogen-bond donors (Lipinski definition) is 0. The van der Waals surface area contributed by atoms with E-state index >= 15 is 0 Å². The molecule has 1 aliphatic heterocycles. The first-order valence-corrected chi connectivity index (χ1v) is 5.61. The van der Waals surface area contributed by atoms with Gasteiger partial charge in [-0.05, 0) is 37.0 Å². The molecular formula is C12H20O2. The van der Waals surface area contributed by atoms with E-state index in [1.165, 1.54) is 12.8 Å². The van der Waals surface area contributed by atoms with Crippen LogP contribution in [0, 0.1) is 11.3 Å². The Morgan fingerprint density at radius 3 is 2.21 bits per heavy atom. The molecule has 2 fully saturated rings. The van der Waals surface area contributed by atoms with Gasteiger partial charge in [-0.2, -0.15) is 0 Å². The summed E-state index contributed by atoms with van der Waals surface area (Å²) in [7, 11) is 0. The van der Waals surface area contributed by atoms with E-state index < -0.39 is 0 Å². The predicted molar refractivity (Wildman–Crippen MR) is 55.1 cm³/mol. The second-order valence-corrected chi connectivity index (χ2v) is 5.88. The Kier molecular flexibility index (Phi) is 2.22. The Bertz CT molecular complexity index is 231. The normalized spacial score (nSPS) is 42.5. The molecule has 1 aliphatic carbocycles. The van der Waals surface area contributed by atoms with Gasteiger partial charge in [-0.1, -0.05) is 20.8 Å². The summed E-state index contributed by atoms with van der Waals surface area (Å²) in [5.41, 5.74) is 0.386. The third-order valence-electron chi connectivity index (χ3n) is 4.00. The molecule has 1 atom stereocenters. The van der Waals surface area contributed by atoms with Gasteiger partial charge in [0.2, 0.25) is 0 Å². The van der Waals surface area contributed by atoms with Crippen molar-refractivity contribution in [3.05, 3.63) is 0 Å². The van der Waals surface area contributed by atoms with Gasteiger partial charge in [-0.15, -0.1) is 0 Å². The van der Waals surface area contributed by atoms with E-state index in [1.807, 2.05) is 0 Å². The lowest BCUT2D eigenvalue weighted by molar-refractivity contribution is -0.108. The number of carbonyl (C=O) groups excluding carboxylic acids is 1. The maximum absolute atomic E-state index is 10.6. The van der Waals surface area contributed by atoms with Gasteiger partial charge in [0, 0.05) is 0 Å². The molecule has 0 aromatic rings. The minimum Gasteiger partial charge on any atom is -0.358 e. The number of aldehydes is 1. The van der Waals surface area contributed by atoms with E-state index in [9.17, 15) is 4.79 Å². The molecular weight excluding hydrogens is 176 g/mol. The summed E-state index contributed by atoms with van der Waals surface area (Å²) in [4.78, 5) is 10.6. The second-order valence-electron chi connectivity index (χ2n) is 5.88. The van der Waals surface area contributed by atoms with Crippen LogP contribution in [0.4, 0.5) is 0 Å². The lowest BCUT2D eigenvalue weighted by atomic mass is 9.69. The number of ether oxygens (including phenoxy) is 1. The van der Waals surface area contributed by atoms with Gasteiger partial charge in [0.05, 0.1) is 0 Å². The highest BCUT2D eigenvalue weighted by Gasteiger charge is 2.57. The zero-order chi connectivity index (χ0) is 10.4. The summed E-state index contributed by atoms with van der Waals surface area (Å²) < 4.78 is 5.49. The minimum absolute atomic E-state index is 0.0243. The molecule has 2 aliphatic rings. The van der Waals surface area contributed by atoms with Crippen molar-refractivity contribution in [1.29, 1.82) is 0 Å². The van der Waals surface area contributed by atoms with Crippen molar-refractivity contribution in [2.45, 2.75) is 58.2 Å². The fourth-order valence-electron chi connectivity index (χ4n) is 2.75. The molecule has 2 nitrogen and oxygen atoms in total. The molecule has 2 rings (SSSR count). The molecule has 1 saturated carbocycles. The molecule has 0 aromatic carbocycles. The minimum atomic E-state index is -0.0802. The van der Waals surface area contributed by atoms with Crippen molar-refractivity contribution < 1.29 is 9.53 Å². The molecule has 0 radical (unpaired) electrons. The van der Waals surface area contributed by atoms with Gasteiger partial charge in [0.1, 0.15) is 11.7 Å². The van der Waals surface area contributed by atoms with Crippen LogP contribution >= 0.6 is 0 Å². The van der Waals surface area contributed by atoms with Gasteiger partial charge >= 0.3 is 0 Å². The first-order valence-electron chi connectivity index (χ1n) is 5.61. The van der Waals surface area contributed by atoms with Crippen molar-refractivity contribution in [3.8, 4) is 0 Å². The molecule has 80 valence electrons. The zero-order valence-electron chi connectivity index (χ0n) is 9.38. The maximum atomic E-state index is 10.6. The van der Waals surface area contributed by atoms with Crippen molar-refractivity contribution in [2.75, 3.05) is 0 Å². The Labute approximate surface area is 86.0 Å². The Hall–Kier alpha value is -0.370. The summed E-state index contributed by atoms with van der Waals surface area (Å²) >= 11 is 0. The van der Waals surface area contributed by atoms with Crippen molar-refractivity contribution in [1.82, 2.24) is 0 Å². The fraction of sp³-hybridized carbons (Fsp3) is 0.917. The van der Waals surface area contributed by atoms with Crippen LogP contribution in [0.2, 0.25) is 0 Å². The number of epoxide rings is 1. The quantitative estimate of drug-likeness (QED) is 0.476. The van der Waals surface area contributed by atoms with Gasteiger partial charge < -0.3 is 9.53 Å². The highest BCUT2D eigenvalue weighted by Crippen LogP contribution is 2.51. The van der Waals surface area contributed by atoms with E-state index in [2.05, 4.69) is 20.8 Å². The van der Waals surface area contributed by atoms with Crippen LogP contribution in [0.25, 0.3) is 0 Å². The molecule has 1 heterocycles. The molecule has 0 bridgehead atoms. The third kappa shape index (κ3) is 1.60. The van der Waals surface area contributed by atoms with Crippen LogP contribution in [-0.4, -0.2) is 18.0 Å². The van der Waals surface area contributed by atoms with Crippen LogP contribution < -0.4 is 0 Å². The lowest BCUT2D eigenvalue weighted by Crippen LogP contribution is -2.30. The van der Waals surface area contributed by atoms with Gasteiger partial charge in [0.15, 0.2) is 6.29 Å². The molecule has 1 spiro atoms. The Balaban J connectivity index is 1.91. The number of rotatable bonds is 1. The monoisotopic (exact) mass is 196 g/mol. The standard InChI is InChI=1S/C12H20O2/c1-11(2,3)9-4-6-12(7-5-9)10(8-13)14-12/h8-10H,4-7H2,1-3H3/t9?,10-,12?/m1/s1. The first-order chi connectivity index (χ1) is 6.48. The van der Waals surface area contributed by atoms with E-state index in [1.54, 1.807) is 0 Å². The lowest BCUT2D eigenvalue weighted by Gasteiger charge is -2.36. The van der Waals surface area contributed by atoms with E-state index in [0.29, 0.717) is 5.41 Å². The van der Waals surface area contributed by atoms with Crippen LogP contribution in [0.1, 0.15) is 46.5 Å². The van der Waals surface area contributed by atoms with Crippen molar-refractivity contribution in [2.24, 2.45) is 11.3 Å². The molecule has 0 unspecified atom stereocenters. The number of hydrogen-bond acceptors (Lipinski definition) is 2. The average molecular weight is 196 g/mol. The predicted octanol–water partition coefficient (Wildman–Crippen LogP) is 2.56. The van der Waals surface area contributed by atoms with E-state index in [-0.39, 0.29) is 11.7 Å². The zero-order valence-corrected chi connectivity index (χ0v) is 9.38. The molecule has 2 heteroatoms. The highest BCUT2D eigenvalue weighted by atomic mass is 16.6. The average Bonchev–Trinajstić information content (AvgIpc) is 2.78. The summed E-state index contributed by atoms with van der Waals surface area (Å²) in [6, 6.07) is 0.